The number of carbonyl (C=O) groups is 2. The predicted octanol–water partition coefficient (Wildman–Crippen LogP) is 2.48. The van der Waals surface area contributed by atoms with Gasteiger partial charge in [-0.3, -0.25) is 0 Å². The van der Waals surface area contributed by atoms with Crippen molar-refractivity contribution < 1.29 is 23.8 Å². The first kappa shape index (κ1) is 19.1. The molecular formula is C10H14Cl4O5. The molecule has 0 aliphatic heterocycles. The van der Waals surface area contributed by atoms with Crippen LogP contribution in [-0.4, -0.2) is 48.0 Å². The summed E-state index contributed by atoms with van der Waals surface area (Å²) in [7, 11) is 0. The maximum Gasteiger partial charge on any atom is 0.419 e. The highest BCUT2D eigenvalue weighted by Crippen LogP contribution is 2.08. The lowest BCUT2D eigenvalue weighted by Gasteiger charge is -2.16. The van der Waals surface area contributed by atoms with Gasteiger partial charge in [-0.2, -0.15) is 0 Å². The number of hydrogen-bond donors (Lipinski definition) is 0. The SMILES string of the molecule is O=C(OC(Cl)CCCl)C(=O)OC(CCCl)OCCCl. The molecule has 9 heteroatoms. The van der Waals surface area contributed by atoms with Crippen LogP contribution in [0.5, 0.6) is 0 Å². The molecule has 5 nitrogen and oxygen atoms in total. The van der Waals surface area contributed by atoms with Crippen molar-refractivity contribution >= 4 is 58.3 Å². The minimum atomic E-state index is -1.21. The number of hydrogen-bond acceptors (Lipinski definition) is 5. The summed E-state index contributed by atoms with van der Waals surface area (Å²) >= 11 is 21.9. The molecular weight excluding hydrogens is 342 g/mol. The fourth-order valence-corrected chi connectivity index (χ4v) is 1.68. The lowest BCUT2D eigenvalue weighted by Crippen LogP contribution is -2.30. The standard InChI is InChI=1S/C10H14Cl4O5/c11-3-1-7(14)18-9(15)10(16)19-8(2-4-12)17-6-5-13/h7-8H,1-6H2. The Morgan fingerprint density at radius 2 is 1.47 bits per heavy atom. The summed E-state index contributed by atoms with van der Waals surface area (Å²) in [6.07, 6.45) is -0.502. The van der Waals surface area contributed by atoms with Crippen molar-refractivity contribution in [3.63, 3.8) is 0 Å². The summed E-state index contributed by atoms with van der Waals surface area (Å²) in [5, 5.41) is 0. The zero-order chi connectivity index (χ0) is 14.7. The van der Waals surface area contributed by atoms with Crippen LogP contribution in [-0.2, 0) is 23.8 Å². The van der Waals surface area contributed by atoms with Crippen LogP contribution in [0.15, 0.2) is 0 Å². The van der Waals surface area contributed by atoms with Gasteiger partial charge in [0.25, 0.3) is 0 Å². The highest BCUT2D eigenvalue weighted by atomic mass is 35.5. The van der Waals surface area contributed by atoms with Crippen molar-refractivity contribution in [3.05, 3.63) is 0 Å². The topological polar surface area (TPSA) is 61.8 Å². The first-order valence-electron chi connectivity index (χ1n) is 5.40. The average molecular weight is 356 g/mol. The van der Waals surface area contributed by atoms with Gasteiger partial charge in [-0.1, -0.05) is 11.6 Å². The van der Waals surface area contributed by atoms with Crippen molar-refractivity contribution in [1.82, 2.24) is 0 Å². The number of halogens is 4. The van der Waals surface area contributed by atoms with E-state index in [0.717, 1.165) is 0 Å². The number of esters is 2. The summed E-state index contributed by atoms with van der Waals surface area (Å²) in [6.45, 7) is 0.163. The highest BCUT2D eigenvalue weighted by Gasteiger charge is 2.24. The molecule has 0 amide bonds. The largest absolute Gasteiger partial charge is 0.438 e. The minimum Gasteiger partial charge on any atom is -0.438 e. The molecule has 0 aromatic carbocycles. The van der Waals surface area contributed by atoms with Gasteiger partial charge in [0.05, 0.1) is 6.61 Å². The summed E-state index contributed by atoms with van der Waals surface area (Å²) in [4.78, 5) is 22.7. The van der Waals surface area contributed by atoms with Crippen molar-refractivity contribution in [2.24, 2.45) is 0 Å². The second-order valence-corrected chi connectivity index (χ2v) is 4.79. The Morgan fingerprint density at radius 3 is 2.00 bits per heavy atom. The lowest BCUT2D eigenvalue weighted by atomic mass is 10.4. The van der Waals surface area contributed by atoms with Gasteiger partial charge in [-0.05, 0) is 0 Å². The molecule has 0 aliphatic rings. The van der Waals surface area contributed by atoms with Crippen LogP contribution in [0.3, 0.4) is 0 Å². The molecule has 19 heavy (non-hydrogen) atoms. The van der Waals surface area contributed by atoms with Crippen molar-refractivity contribution in [2.75, 3.05) is 24.2 Å². The molecule has 0 saturated heterocycles. The molecule has 2 atom stereocenters. The van der Waals surface area contributed by atoms with Gasteiger partial charge >= 0.3 is 11.9 Å². The van der Waals surface area contributed by atoms with E-state index >= 15 is 0 Å². The second-order valence-electron chi connectivity index (χ2n) is 3.17. The fraction of sp³-hybridized carbons (Fsp3) is 0.800. The summed E-state index contributed by atoms with van der Waals surface area (Å²) in [5.41, 5.74) is -0.979. The van der Waals surface area contributed by atoms with Crippen molar-refractivity contribution in [1.29, 1.82) is 0 Å². The Hall–Kier alpha value is 0.0600. The smallest absolute Gasteiger partial charge is 0.419 e. The minimum absolute atomic E-state index is 0.163. The van der Waals surface area contributed by atoms with Crippen LogP contribution < -0.4 is 0 Å². The Bertz CT molecular complexity index is 277. The zero-order valence-electron chi connectivity index (χ0n) is 9.95. The van der Waals surface area contributed by atoms with E-state index < -0.39 is 23.8 Å². The van der Waals surface area contributed by atoms with Gasteiger partial charge in [-0.15, -0.1) is 34.8 Å². The van der Waals surface area contributed by atoms with Crippen LogP contribution in [0.1, 0.15) is 12.8 Å². The summed E-state index contributed by atoms with van der Waals surface area (Å²) < 4.78 is 14.4. The molecule has 0 rings (SSSR count). The molecule has 0 aromatic rings. The monoisotopic (exact) mass is 354 g/mol. The first-order valence-corrected chi connectivity index (χ1v) is 7.44. The van der Waals surface area contributed by atoms with E-state index in [9.17, 15) is 9.59 Å². The van der Waals surface area contributed by atoms with Crippen LogP contribution in [0.4, 0.5) is 0 Å². The van der Waals surface area contributed by atoms with Crippen LogP contribution in [0.25, 0.3) is 0 Å². The lowest BCUT2D eigenvalue weighted by molar-refractivity contribution is -0.190. The molecule has 0 saturated carbocycles. The normalized spacial score (nSPS) is 13.7. The third-order valence-electron chi connectivity index (χ3n) is 1.70. The molecule has 2 unspecified atom stereocenters. The summed E-state index contributed by atoms with van der Waals surface area (Å²) in [5.74, 6) is -1.80. The van der Waals surface area contributed by atoms with E-state index in [1.807, 2.05) is 0 Å². The van der Waals surface area contributed by atoms with E-state index in [4.69, 9.17) is 55.9 Å². The van der Waals surface area contributed by atoms with E-state index in [2.05, 4.69) is 4.74 Å². The molecule has 0 fully saturated rings. The number of ether oxygens (including phenoxy) is 3. The Labute approximate surface area is 131 Å². The molecule has 0 bridgehead atoms. The summed E-state index contributed by atoms with van der Waals surface area (Å²) in [6, 6.07) is 0. The van der Waals surface area contributed by atoms with Crippen molar-refractivity contribution in [2.45, 2.75) is 24.7 Å². The number of rotatable bonds is 9. The molecule has 0 aromatic heterocycles. The fourth-order valence-electron chi connectivity index (χ4n) is 0.918. The molecule has 0 aliphatic carbocycles. The quantitative estimate of drug-likeness (QED) is 0.275. The van der Waals surface area contributed by atoms with E-state index in [1.165, 1.54) is 0 Å². The third-order valence-corrected chi connectivity index (χ3v) is 2.60. The second kappa shape index (κ2) is 11.9. The molecule has 112 valence electrons. The third kappa shape index (κ3) is 9.57. The number of alkyl halides is 4. The molecule has 0 radical (unpaired) electrons. The van der Waals surface area contributed by atoms with E-state index in [1.54, 1.807) is 0 Å². The van der Waals surface area contributed by atoms with Gasteiger partial charge in [0, 0.05) is 30.5 Å². The van der Waals surface area contributed by atoms with Crippen molar-refractivity contribution in [3.8, 4) is 0 Å². The van der Waals surface area contributed by atoms with Crippen LogP contribution in [0, 0.1) is 0 Å². The first-order chi connectivity index (χ1) is 9.04. The zero-order valence-corrected chi connectivity index (χ0v) is 13.0. The Kier molecular flexibility index (Phi) is 11.9. The predicted molar refractivity (Wildman–Crippen MR) is 73.0 cm³/mol. The Balaban J connectivity index is 4.18. The van der Waals surface area contributed by atoms with Gasteiger partial charge in [0.2, 0.25) is 6.29 Å². The molecule has 0 heterocycles. The number of carbonyl (C=O) groups excluding carboxylic acids is 2. The van der Waals surface area contributed by atoms with Crippen LogP contribution in [0.2, 0.25) is 0 Å². The van der Waals surface area contributed by atoms with Gasteiger partial charge < -0.3 is 14.2 Å². The Morgan fingerprint density at radius 1 is 0.895 bits per heavy atom. The average Bonchev–Trinajstić information content (AvgIpc) is 2.36. The van der Waals surface area contributed by atoms with E-state index in [-0.39, 0.29) is 37.1 Å². The maximum atomic E-state index is 11.4. The highest BCUT2D eigenvalue weighted by molar-refractivity contribution is 6.31. The van der Waals surface area contributed by atoms with Gasteiger partial charge in [-0.25, -0.2) is 9.59 Å². The van der Waals surface area contributed by atoms with Gasteiger partial charge in [0.15, 0.2) is 5.56 Å². The van der Waals surface area contributed by atoms with Gasteiger partial charge in [0.1, 0.15) is 0 Å². The van der Waals surface area contributed by atoms with E-state index in [0.29, 0.717) is 0 Å². The molecule has 0 N–H and O–H groups in total. The molecule has 0 spiro atoms. The van der Waals surface area contributed by atoms with Crippen LogP contribution >= 0.6 is 46.4 Å². The maximum absolute atomic E-state index is 11.4.